The molecule has 0 spiro atoms. The van der Waals surface area contributed by atoms with E-state index in [-0.39, 0.29) is 36.5 Å². The third kappa shape index (κ3) is 4.82. The SMILES string of the molecule is CC(=O)Nc1ccc2c(COC(=O)CCc3nc4ccccc4c(=O)n3C)cc(=O)oc2c1. The zero-order valence-electron chi connectivity index (χ0n) is 18.1. The molecule has 168 valence electrons. The Morgan fingerprint density at radius 1 is 1.09 bits per heavy atom. The summed E-state index contributed by atoms with van der Waals surface area (Å²) >= 11 is 0. The number of nitrogens with zero attached hydrogens (tertiary/aromatic N) is 2. The largest absolute Gasteiger partial charge is 0.461 e. The second-order valence-electron chi connectivity index (χ2n) is 7.55. The second kappa shape index (κ2) is 9.07. The number of carbonyl (C=O) groups excluding carboxylic acids is 2. The molecule has 9 nitrogen and oxygen atoms in total. The van der Waals surface area contributed by atoms with Crippen LogP contribution in [-0.4, -0.2) is 21.4 Å². The minimum atomic E-state index is -0.594. The molecule has 0 aliphatic rings. The van der Waals surface area contributed by atoms with Gasteiger partial charge in [0, 0.05) is 49.2 Å². The molecule has 4 rings (SSSR count). The number of para-hydroxylation sites is 1. The van der Waals surface area contributed by atoms with Crippen LogP contribution in [-0.2, 0) is 34.4 Å². The maximum absolute atomic E-state index is 12.5. The molecule has 1 amide bonds. The van der Waals surface area contributed by atoms with Crippen molar-refractivity contribution in [3.8, 4) is 0 Å². The van der Waals surface area contributed by atoms with Gasteiger partial charge in [-0.2, -0.15) is 0 Å². The van der Waals surface area contributed by atoms with Crippen LogP contribution in [0.15, 0.2) is 62.5 Å². The van der Waals surface area contributed by atoms with Crippen LogP contribution in [0.2, 0.25) is 0 Å². The second-order valence-corrected chi connectivity index (χ2v) is 7.55. The number of nitrogens with one attached hydrogen (secondary N) is 1. The lowest BCUT2D eigenvalue weighted by Crippen LogP contribution is -2.23. The van der Waals surface area contributed by atoms with E-state index in [0.29, 0.717) is 33.4 Å². The maximum Gasteiger partial charge on any atom is 0.336 e. The Morgan fingerprint density at radius 3 is 2.67 bits per heavy atom. The van der Waals surface area contributed by atoms with Gasteiger partial charge in [0.15, 0.2) is 0 Å². The number of benzene rings is 2. The molecule has 9 heteroatoms. The summed E-state index contributed by atoms with van der Waals surface area (Å²) in [5.41, 5.74) is 1.05. The molecular weight excluding hydrogens is 426 g/mol. The van der Waals surface area contributed by atoms with Crippen molar-refractivity contribution in [3.63, 3.8) is 0 Å². The molecule has 0 saturated heterocycles. The van der Waals surface area contributed by atoms with E-state index < -0.39 is 11.6 Å². The molecule has 0 bridgehead atoms. The van der Waals surface area contributed by atoms with Gasteiger partial charge in [-0.15, -0.1) is 0 Å². The van der Waals surface area contributed by atoms with Gasteiger partial charge in [0.2, 0.25) is 5.91 Å². The van der Waals surface area contributed by atoms with Crippen molar-refractivity contribution < 1.29 is 18.7 Å². The van der Waals surface area contributed by atoms with E-state index in [1.807, 2.05) is 0 Å². The van der Waals surface area contributed by atoms with Gasteiger partial charge in [-0.1, -0.05) is 12.1 Å². The van der Waals surface area contributed by atoms with Crippen LogP contribution < -0.4 is 16.5 Å². The highest BCUT2D eigenvalue weighted by Gasteiger charge is 2.13. The number of anilines is 1. The van der Waals surface area contributed by atoms with Crippen molar-refractivity contribution in [3.05, 3.63) is 80.7 Å². The Labute approximate surface area is 187 Å². The van der Waals surface area contributed by atoms with Crippen molar-refractivity contribution in [1.82, 2.24) is 9.55 Å². The summed E-state index contributed by atoms with van der Waals surface area (Å²) in [6.07, 6.45) is 0.248. The summed E-state index contributed by atoms with van der Waals surface area (Å²) in [5, 5.41) is 3.73. The number of ether oxygens (including phenoxy) is 1. The van der Waals surface area contributed by atoms with Crippen LogP contribution in [0.3, 0.4) is 0 Å². The maximum atomic E-state index is 12.5. The fourth-order valence-electron chi connectivity index (χ4n) is 3.56. The van der Waals surface area contributed by atoms with Gasteiger partial charge in [0.25, 0.3) is 5.56 Å². The minimum absolute atomic E-state index is 0.0185. The Bertz CT molecular complexity index is 1500. The lowest BCUT2D eigenvalue weighted by atomic mass is 10.1. The molecule has 0 saturated carbocycles. The summed E-state index contributed by atoms with van der Waals surface area (Å²) in [4.78, 5) is 52.5. The Balaban J connectivity index is 1.47. The summed E-state index contributed by atoms with van der Waals surface area (Å²) in [7, 11) is 1.62. The highest BCUT2D eigenvalue weighted by Crippen LogP contribution is 2.22. The first-order valence-corrected chi connectivity index (χ1v) is 10.3. The topological polar surface area (TPSA) is 120 Å². The number of aromatic nitrogens is 2. The number of hydrogen-bond acceptors (Lipinski definition) is 7. The standard InChI is InChI=1S/C24H21N3O6/c1-14(28)25-16-7-8-17-15(11-23(30)33-20(17)12-16)13-32-22(29)10-9-21-26-19-6-4-3-5-18(19)24(31)27(21)2/h3-8,11-12H,9-10,13H2,1-2H3,(H,25,28). The number of rotatable bonds is 6. The first kappa shape index (κ1) is 21.9. The summed E-state index contributed by atoms with van der Waals surface area (Å²) in [6, 6.07) is 13.2. The average molecular weight is 447 g/mol. The average Bonchev–Trinajstić information content (AvgIpc) is 2.78. The van der Waals surface area contributed by atoms with Crippen LogP contribution in [0.4, 0.5) is 5.69 Å². The van der Waals surface area contributed by atoms with Gasteiger partial charge in [0.1, 0.15) is 18.0 Å². The number of aryl methyl sites for hydroxylation is 1. The van der Waals surface area contributed by atoms with Crippen LogP contribution >= 0.6 is 0 Å². The molecule has 2 aromatic heterocycles. The van der Waals surface area contributed by atoms with E-state index in [2.05, 4.69) is 10.3 Å². The Kier molecular flexibility index (Phi) is 6.03. The van der Waals surface area contributed by atoms with Crippen LogP contribution in [0.5, 0.6) is 0 Å². The van der Waals surface area contributed by atoms with Gasteiger partial charge in [-0.25, -0.2) is 9.78 Å². The van der Waals surface area contributed by atoms with Crippen LogP contribution in [0.1, 0.15) is 24.7 Å². The molecule has 0 radical (unpaired) electrons. The molecule has 0 atom stereocenters. The molecule has 0 aliphatic heterocycles. The highest BCUT2D eigenvalue weighted by atomic mass is 16.5. The molecular formula is C24H21N3O6. The molecule has 0 aliphatic carbocycles. The molecule has 2 aromatic carbocycles. The van der Waals surface area contributed by atoms with E-state index in [4.69, 9.17) is 9.15 Å². The number of hydrogen-bond donors (Lipinski definition) is 1. The van der Waals surface area contributed by atoms with Gasteiger partial charge < -0.3 is 14.5 Å². The van der Waals surface area contributed by atoms with Gasteiger partial charge >= 0.3 is 11.6 Å². The van der Waals surface area contributed by atoms with Crippen molar-refractivity contribution >= 4 is 39.4 Å². The summed E-state index contributed by atoms with van der Waals surface area (Å²) in [6.45, 7) is 1.26. The van der Waals surface area contributed by atoms with Crippen LogP contribution in [0.25, 0.3) is 21.9 Å². The van der Waals surface area contributed by atoms with E-state index >= 15 is 0 Å². The normalized spacial score (nSPS) is 11.0. The molecule has 2 heterocycles. The van der Waals surface area contributed by atoms with Gasteiger partial charge in [0.05, 0.1) is 17.3 Å². The molecule has 0 unspecified atom stereocenters. The number of esters is 1. The van der Waals surface area contributed by atoms with Gasteiger partial charge in [-0.05, 0) is 24.3 Å². The fraction of sp³-hybridized carbons (Fsp3) is 0.208. The molecule has 33 heavy (non-hydrogen) atoms. The smallest absolute Gasteiger partial charge is 0.336 e. The first-order chi connectivity index (χ1) is 15.8. The predicted molar refractivity (Wildman–Crippen MR) is 122 cm³/mol. The number of carbonyl (C=O) groups is 2. The van der Waals surface area contributed by atoms with Crippen molar-refractivity contribution in [2.75, 3.05) is 5.32 Å². The first-order valence-electron chi connectivity index (χ1n) is 10.3. The molecule has 1 N–H and O–H groups in total. The molecule has 4 aromatic rings. The van der Waals surface area contributed by atoms with E-state index in [9.17, 15) is 19.2 Å². The third-order valence-corrected chi connectivity index (χ3v) is 5.17. The Morgan fingerprint density at radius 2 is 1.88 bits per heavy atom. The van der Waals surface area contributed by atoms with Crippen molar-refractivity contribution in [2.45, 2.75) is 26.4 Å². The Hall–Kier alpha value is -4.27. The lowest BCUT2D eigenvalue weighted by Gasteiger charge is -2.10. The summed E-state index contributed by atoms with van der Waals surface area (Å²) in [5.74, 6) is -0.263. The van der Waals surface area contributed by atoms with Crippen molar-refractivity contribution in [1.29, 1.82) is 0 Å². The predicted octanol–water partition coefficient (Wildman–Crippen LogP) is 2.67. The molecule has 0 fully saturated rings. The van der Waals surface area contributed by atoms with Gasteiger partial charge in [-0.3, -0.25) is 19.0 Å². The third-order valence-electron chi connectivity index (χ3n) is 5.17. The minimum Gasteiger partial charge on any atom is -0.461 e. The van der Waals surface area contributed by atoms with E-state index in [0.717, 1.165) is 0 Å². The quantitative estimate of drug-likeness (QED) is 0.356. The summed E-state index contributed by atoms with van der Waals surface area (Å²) < 4.78 is 12.0. The zero-order valence-corrected chi connectivity index (χ0v) is 18.1. The fourth-order valence-corrected chi connectivity index (χ4v) is 3.56. The zero-order chi connectivity index (χ0) is 23.5. The van der Waals surface area contributed by atoms with Crippen molar-refractivity contribution in [2.24, 2.45) is 7.05 Å². The van der Waals surface area contributed by atoms with Crippen LogP contribution in [0, 0.1) is 0 Å². The monoisotopic (exact) mass is 447 g/mol. The van der Waals surface area contributed by atoms with E-state index in [1.165, 1.54) is 23.6 Å². The lowest BCUT2D eigenvalue weighted by molar-refractivity contribution is -0.144. The van der Waals surface area contributed by atoms with E-state index in [1.54, 1.807) is 43.4 Å². The number of fused-ring (bicyclic) bond motifs is 2. The highest BCUT2D eigenvalue weighted by molar-refractivity contribution is 5.92. The number of amides is 1.